The highest BCUT2D eigenvalue weighted by molar-refractivity contribution is 8.00. The molecule has 1 aliphatic heterocycles. The van der Waals surface area contributed by atoms with Gasteiger partial charge in [0.2, 0.25) is 0 Å². The molecule has 0 fully saturated rings. The minimum atomic E-state index is -4.37. The van der Waals surface area contributed by atoms with Gasteiger partial charge in [-0.1, -0.05) is 30.3 Å². The number of carbonyl (C=O) groups excluding carboxylic acids is 1. The summed E-state index contributed by atoms with van der Waals surface area (Å²) in [7, 11) is 3.15. The SMILES string of the molecule is COc1cc2c(cc1OC)[C@H](c1ccccc1)N(C(=O)c1ccc(SC(F)(F)F)cc1)CC2. The Morgan fingerprint density at radius 1 is 0.970 bits per heavy atom. The van der Waals surface area contributed by atoms with E-state index in [-0.39, 0.29) is 28.6 Å². The second kappa shape index (κ2) is 9.39. The summed E-state index contributed by atoms with van der Waals surface area (Å²) in [6.45, 7) is 0.458. The zero-order valence-electron chi connectivity index (χ0n) is 18.1. The van der Waals surface area contributed by atoms with Crippen molar-refractivity contribution in [2.24, 2.45) is 0 Å². The number of thioether (sulfide) groups is 1. The highest BCUT2D eigenvalue weighted by Crippen LogP contribution is 2.42. The average Bonchev–Trinajstić information content (AvgIpc) is 2.82. The van der Waals surface area contributed by atoms with Gasteiger partial charge in [-0.25, -0.2) is 0 Å². The molecule has 0 unspecified atom stereocenters. The summed E-state index contributed by atoms with van der Waals surface area (Å²) in [6.07, 6.45) is 0.618. The summed E-state index contributed by atoms with van der Waals surface area (Å²) in [4.78, 5) is 15.3. The van der Waals surface area contributed by atoms with Crippen molar-refractivity contribution in [1.29, 1.82) is 0 Å². The smallest absolute Gasteiger partial charge is 0.446 e. The number of hydrogen-bond acceptors (Lipinski definition) is 4. The van der Waals surface area contributed by atoms with Crippen molar-refractivity contribution in [2.45, 2.75) is 22.9 Å². The lowest BCUT2D eigenvalue weighted by atomic mass is 9.87. The van der Waals surface area contributed by atoms with Gasteiger partial charge in [-0.05, 0) is 71.3 Å². The molecule has 33 heavy (non-hydrogen) atoms. The van der Waals surface area contributed by atoms with Gasteiger partial charge >= 0.3 is 5.51 Å². The standard InChI is InChI=1S/C25H22F3NO3S/c1-31-21-14-18-12-13-29(24(30)17-8-10-19(11-9-17)33-25(26,27)28)23(16-6-4-3-5-7-16)20(18)15-22(21)32-2/h3-11,14-15,23H,12-13H2,1-2H3/t23-/m0/s1. The van der Waals surface area contributed by atoms with Gasteiger partial charge in [0.25, 0.3) is 5.91 Å². The van der Waals surface area contributed by atoms with Crippen LogP contribution in [0.3, 0.4) is 0 Å². The zero-order valence-corrected chi connectivity index (χ0v) is 18.9. The molecule has 0 aromatic heterocycles. The number of halogens is 3. The molecule has 0 bridgehead atoms. The predicted molar refractivity (Wildman–Crippen MR) is 121 cm³/mol. The number of benzene rings is 3. The molecule has 0 spiro atoms. The number of carbonyl (C=O) groups is 1. The van der Waals surface area contributed by atoms with Crippen LogP contribution in [-0.2, 0) is 6.42 Å². The van der Waals surface area contributed by atoms with Crippen LogP contribution in [0.2, 0.25) is 0 Å². The van der Waals surface area contributed by atoms with Crippen molar-refractivity contribution < 1.29 is 27.4 Å². The fraction of sp³-hybridized carbons (Fsp3) is 0.240. The second-order valence-corrected chi connectivity index (χ2v) is 8.68. The number of methoxy groups -OCH3 is 2. The summed E-state index contributed by atoms with van der Waals surface area (Å²) < 4.78 is 48.9. The molecule has 8 heteroatoms. The average molecular weight is 474 g/mol. The van der Waals surface area contributed by atoms with Gasteiger partial charge < -0.3 is 14.4 Å². The molecule has 0 saturated carbocycles. The fourth-order valence-electron chi connectivity index (χ4n) is 4.12. The van der Waals surface area contributed by atoms with E-state index >= 15 is 0 Å². The summed E-state index contributed by atoms with van der Waals surface area (Å²) in [5.41, 5.74) is -1.11. The van der Waals surface area contributed by atoms with Crippen LogP contribution < -0.4 is 9.47 Å². The number of ether oxygens (including phenoxy) is 2. The molecule has 0 saturated heterocycles. The Bertz CT molecular complexity index is 1130. The maximum Gasteiger partial charge on any atom is 0.446 e. The van der Waals surface area contributed by atoms with E-state index in [4.69, 9.17) is 9.47 Å². The lowest BCUT2D eigenvalue weighted by Gasteiger charge is -2.38. The molecule has 1 heterocycles. The number of hydrogen-bond donors (Lipinski definition) is 0. The van der Waals surface area contributed by atoms with E-state index in [0.29, 0.717) is 30.0 Å². The fourth-order valence-corrected chi connectivity index (χ4v) is 4.66. The van der Waals surface area contributed by atoms with Crippen LogP contribution in [0.5, 0.6) is 11.5 Å². The third-order valence-electron chi connectivity index (χ3n) is 5.58. The van der Waals surface area contributed by atoms with E-state index in [9.17, 15) is 18.0 Å². The van der Waals surface area contributed by atoms with Crippen LogP contribution >= 0.6 is 11.8 Å². The molecule has 172 valence electrons. The van der Waals surface area contributed by atoms with Crippen molar-refractivity contribution in [3.63, 3.8) is 0 Å². The topological polar surface area (TPSA) is 38.8 Å². The van der Waals surface area contributed by atoms with Gasteiger partial charge in [0, 0.05) is 17.0 Å². The lowest BCUT2D eigenvalue weighted by Crippen LogP contribution is -2.40. The van der Waals surface area contributed by atoms with Crippen LogP contribution in [0, 0.1) is 0 Å². The quantitative estimate of drug-likeness (QED) is 0.420. The van der Waals surface area contributed by atoms with E-state index in [0.717, 1.165) is 16.7 Å². The number of nitrogens with zero attached hydrogens (tertiary/aromatic N) is 1. The maximum absolute atomic E-state index is 13.5. The molecule has 4 rings (SSSR count). The Balaban J connectivity index is 1.73. The molecule has 3 aromatic carbocycles. The molecule has 1 atom stereocenters. The Kier molecular flexibility index (Phi) is 6.56. The summed E-state index contributed by atoms with van der Waals surface area (Å²) in [6, 6.07) is 18.7. The van der Waals surface area contributed by atoms with Crippen molar-refractivity contribution in [3.05, 3.63) is 89.0 Å². The van der Waals surface area contributed by atoms with Gasteiger partial charge in [0.05, 0.1) is 20.3 Å². The Hall–Kier alpha value is -3.13. The summed E-state index contributed by atoms with van der Waals surface area (Å²) in [5, 5.41) is 0. The lowest BCUT2D eigenvalue weighted by molar-refractivity contribution is -0.0328. The first-order valence-corrected chi connectivity index (χ1v) is 11.1. The van der Waals surface area contributed by atoms with E-state index in [2.05, 4.69) is 0 Å². The van der Waals surface area contributed by atoms with Gasteiger partial charge in [-0.3, -0.25) is 4.79 Å². The molecule has 0 aliphatic carbocycles. The molecular formula is C25H22F3NO3S. The molecule has 0 N–H and O–H groups in total. The monoisotopic (exact) mass is 473 g/mol. The normalized spacial score (nSPS) is 15.7. The number of alkyl halides is 3. The summed E-state index contributed by atoms with van der Waals surface area (Å²) >= 11 is -0.198. The van der Waals surface area contributed by atoms with E-state index in [1.807, 2.05) is 42.5 Å². The Morgan fingerprint density at radius 3 is 2.21 bits per heavy atom. The Morgan fingerprint density at radius 2 is 1.61 bits per heavy atom. The highest BCUT2D eigenvalue weighted by Gasteiger charge is 2.34. The van der Waals surface area contributed by atoms with Crippen LogP contribution in [0.1, 0.15) is 33.1 Å². The molecule has 1 aliphatic rings. The maximum atomic E-state index is 13.5. The number of amides is 1. The first kappa shape index (κ1) is 23.0. The van der Waals surface area contributed by atoms with E-state index < -0.39 is 5.51 Å². The van der Waals surface area contributed by atoms with Crippen molar-refractivity contribution in [2.75, 3.05) is 20.8 Å². The van der Waals surface area contributed by atoms with E-state index in [1.165, 1.54) is 24.3 Å². The van der Waals surface area contributed by atoms with Crippen LogP contribution in [0.4, 0.5) is 13.2 Å². The number of rotatable bonds is 5. The Labute approximate surface area is 194 Å². The van der Waals surface area contributed by atoms with Crippen molar-refractivity contribution in [1.82, 2.24) is 4.90 Å². The zero-order chi connectivity index (χ0) is 23.6. The molecule has 0 radical (unpaired) electrons. The highest BCUT2D eigenvalue weighted by atomic mass is 32.2. The van der Waals surface area contributed by atoms with Crippen LogP contribution in [-0.4, -0.2) is 37.1 Å². The van der Waals surface area contributed by atoms with Gasteiger partial charge in [-0.2, -0.15) is 13.2 Å². The van der Waals surface area contributed by atoms with E-state index in [1.54, 1.807) is 19.1 Å². The third-order valence-corrected chi connectivity index (χ3v) is 6.32. The van der Waals surface area contributed by atoms with Crippen molar-refractivity contribution >= 4 is 17.7 Å². The largest absolute Gasteiger partial charge is 0.493 e. The minimum absolute atomic E-state index is 0.0412. The van der Waals surface area contributed by atoms with Crippen LogP contribution in [0.25, 0.3) is 0 Å². The third kappa shape index (κ3) is 4.95. The molecular weight excluding hydrogens is 451 g/mol. The predicted octanol–water partition coefficient (Wildman–Crippen LogP) is 6.10. The summed E-state index contributed by atoms with van der Waals surface area (Å²) in [5.74, 6) is 0.952. The minimum Gasteiger partial charge on any atom is -0.493 e. The van der Waals surface area contributed by atoms with Crippen LogP contribution in [0.15, 0.2) is 71.6 Å². The second-order valence-electron chi connectivity index (χ2n) is 7.54. The molecule has 1 amide bonds. The van der Waals surface area contributed by atoms with Gasteiger partial charge in [-0.15, -0.1) is 0 Å². The first-order chi connectivity index (χ1) is 15.8. The van der Waals surface area contributed by atoms with Gasteiger partial charge in [0.1, 0.15) is 0 Å². The van der Waals surface area contributed by atoms with Crippen molar-refractivity contribution in [3.8, 4) is 11.5 Å². The molecule has 3 aromatic rings. The van der Waals surface area contributed by atoms with Gasteiger partial charge in [0.15, 0.2) is 11.5 Å². The number of fused-ring (bicyclic) bond motifs is 1. The molecule has 4 nitrogen and oxygen atoms in total. The first-order valence-electron chi connectivity index (χ1n) is 10.3.